The molecule has 0 spiro atoms. The van der Waals surface area contributed by atoms with E-state index in [-0.39, 0.29) is 11.7 Å². The average Bonchev–Trinajstić information content (AvgIpc) is 3.16. The zero-order valence-electron chi connectivity index (χ0n) is 17.0. The van der Waals surface area contributed by atoms with Crippen LogP contribution in [0.3, 0.4) is 0 Å². The highest BCUT2D eigenvalue weighted by Crippen LogP contribution is 2.26. The molecule has 0 saturated carbocycles. The van der Waals surface area contributed by atoms with Crippen LogP contribution in [0.2, 0.25) is 0 Å². The van der Waals surface area contributed by atoms with Gasteiger partial charge in [0.2, 0.25) is 5.82 Å². The van der Waals surface area contributed by atoms with E-state index in [2.05, 4.69) is 44.3 Å². The lowest BCUT2D eigenvalue weighted by Crippen LogP contribution is -2.14. The molecule has 0 aliphatic carbocycles. The lowest BCUT2D eigenvalue weighted by molar-refractivity contribution is 0.101. The third kappa shape index (κ3) is 4.04. The summed E-state index contributed by atoms with van der Waals surface area (Å²) in [5, 5.41) is 7.47. The SMILES string of the molecule is Cc1cccc(NC(=O)c2nc(-c3ccc(Br)cc3)n(-c3cccc(C)c3C)n2)c1. The minimum atomic E-state index is -0.344. The Morgan fingerprint density at radius 2 is 1.70 bits per heavy atom. The summed E-state index contributed by atoms with van der Waals surface area (Å²) in [6.07, 6.45) is 0. The van der Waals surface area contributed by atoms with Gasteiger partial charge in [-0.1, -0.05) is 52.3 Å². The van der Waals surface area contributed by atoms with Crippen LogP contribution >= 0.6 is 15.9 Å². The molecule has 30 heavy (non-hydrogen) atoms. The quantitative estimate of drug-likeness (QED) is 0.413. The number of nitrogens with zero attached hydrogens (tertiary/aromatic N) is 3. The van der Waals surface area contributed by atoms with E-state index < -0.39 is 0 Å². The van der Waals surface area contributed by atoms with Gasteiger partial charge in [-0.2, -0.15) is 0 Å². The number of benzene rings is 3. The third-order valence-corrected chi connectivity index (χ3v) is 5.52. The van der Waals surface area contributed by atoms with Crippen molar-refractivity contribution >= 4 is 27.5 Å². The number of aryl methyl sites for hydroxylation is 2. The minimum absolute atomic E-state index is 0.121. The van der Waals surface area contributed by atoms with Crippen molar-refractivity contribution in [2.75, 3.05) is 5.32 Å². The molecule has 3 aromatic carbocycles. The van der Waals surface area contributed by atoms with E-state index in [1.54, 1.807) is 4.68 Å². The van der Waals surface area contributed by atoms with Gasteiger partial charge in [-0.3, -0.25) is 4.79 Å². The first-order valence-electron chi connectivity index (χ1n) is 9.60. The molecule has 1 aromatic heterocycles. The molecule has 1 N–H and O–H groups in total. The summed E-state index contributed by atoms with van der Waals surface area (Å²) in [5.74, 6) is 0.393. The predicted molar refractivity (Wildman–Crippen MR) is 123 cm³/mol. The molecule has 0 fully saturated rings. The standard InChI is InChI=1S/C24H21BrN4O/c1-15-6-4-8-20(14-15)26-24(30)22-27-23(18-10-12-19(25)13-11-18)29(28-22)21-9-5-7-16(2)17(21)3/h4-14H,1-3H3,(H,26,30). The monoisotopic (exact) mass is 460 g/mol. The van der Waals surface area contributed by atoms with E-state index in [1.807, 2.05) is 74.5 Å². The number of amides is 1. The number of hydrogen-bond donors (Lipinski definition) is 1. The van der Waals surface area contributed by atoms with Crippen LogP contribution in [0, 0.1) is 20.8 Å². The van der Waals surface area contributed by atoms with Gasteiger partial charge in [0.05, 0.1) is 5.69 Å². The lowest BCUT2D eigenvalue weighted by atomic mass is 10.1. The number of nitrogens with one attached hydrogen (secondary N) is 1. The van der Waals surface area contributed by atoms with Crippen molar-refractivity contribution in [3.63, 3.8) is 0 Å². The molecular formula is C24H21BrN4O. The number of carbonyl (C=O) groups is 1. The van der Waals surface area contributed by atoms with Crippen LogP contribution in [0.5, 0.6) is 0 Å². The summed E-state index contributed by atoms with van der Waals surface area (Å²) in [4.78, 5) is 17.5. The maximum atomic E-state index is 12.9. The summed E-state index contributed by atoms with van der Waals surface area (Å²) in [6.45, 7) is 6.08. The summed E-state index contributed by atoms with van der Waals surface area (Å²) in [7, 11) is 0. The van der Waals surface area contributed by atoms with Gasteiger partial charge in [0.1, 0.15) is 0 Å². The Morgan fingerprint density at radius 1 is 0.967 bits per heavy atom. The highest BCUT2D eigenvalue weighted by molar-refractivity contribution is 9.10. The summed E-state index contributed by atoms with van der Waals surface area (Å²) >= 11 is 3.47. The molecule has 0 aliphatic heterocycles. The van der Waals surface area contributed by atoms with Crippen LogP contribution in [0.25, 0.3) is 17.1 Å². The normalized spacial score (nSPS) is 10.8. The molecule has 0 saturated heterocycles. The molecule has 0 aliphatic rings. The number of hydrogen-bond acceptors (Lipinski definition) is 3. The third-order valence-electron chi connectivity index (χ3n) is 4.99. The van der Waals surface area contributed by atoms with Crippen LogP contribution in [0.15, 0.2) is 71.2 Å². The fourth-order valence-electron chi connectivity index (χ4n) is 3.24. The topological polar surface area (TPSA) is 59.8 Å². The van der Waals surface area contributed by atoms with Gasteiger partial charge in [-0.25, -0.2) is 9.67 Å². The van der Waals surface area contributed by atoms with E-state index in [0.29, 0.717) is 11.5 Å². The van der Waals surface area contributed by atoms with E-state index in [0.717, 1.165) is 32.4 Å². The number of aromatic nitrogens is 3. The van der Waals surface area contributed by atoms with Crippen molar-refractivity contribution in [1.82, 2.24) is 14.8 Å². The summed E-state index contributed by atoms with van der Waals surface area (Å²) in [6, 6.07) is 21.5. The Balaban J connectivity index is 1.80. The fraction of sp³-hybridized carbons (Fsp3) is 0.125. The van der Waals surface area contributed by atoms with E-state index >= 15 is 0 Å². The van der Waals surface area contributed by atoms with Crippen molar-refractivity contribution in [2.45, 2.75) is 20.8 Å². The maximum absolute atomic E-state index is 12.9. The number of halogens is 1. The van der Waals surface area contributed by atoms with E-state index in [9.17, 15) is 4.79 Å². The van der Waals surface area contributed by atoms with Crippen LogP contribution in [-0.2, 0) is 0 Å². The highest BCUT2D eigenvalue weighted by Gasteiger charge is 2.20. The second-order valence-electron chi connectivity index (χ2n) is 7.22. The van der Waals surface area contributed by atoms with Gasteiger partial charge >= 0.3 is 0 Å². The summed E-state index contributed by atoms with van der Waals surface area (Å²) in [5.41, 5.74) is 5.80. The van der Waals surface area contributed by atoms with Crippen molar-refractivity contribution < 1.29 is 4.79 Å². The first kappa shape index (κ1) is 20.0. The Morgan fingerprint density at radius 3 is 2.43 bits per heavy atom. The first-order chi connectivity index (χ1) is 14.4. The van der Waals surface area contributed by atoms with Crippen molar-refractivity contribution in [1.29, 1.82) is 0 Å². The molecule has 150 valence electrons. The van der Waals surface area contributed by atoms with Crippen LogP contribution in [0.1, 0.15) is 27.3 Å². The molecule has 0 bridgehead atoms. The van der Waals surface area contributed by atoms with E-state index in [4.69, 9.17) is 0 Å². The molecule has 1 heterocycles. The largest absolute Gasteiger partial charge is 0.319 e. The molecular weight excluding hydrogens is 440 g/mol. The Hall–Kier alpha value is -3.25. The molecule has 0 atom stereocenters. The van der Waals surface area contributed by atoms with E-state index in [1.165, 1.54) is 0 Å². The van der Waals surface area contributed by atoms with Crippen LogP contribution in [0.4, 0.5) is 5.69 Å². The molecule has 1 amide bonds. The van der Waals surface area contributed by atoms with Crippen LogP contribution in [-0.4, -0.2) is 20.7 Å². The molecule has 0 unspecified atom stereocenters. The zero-order chi connectivity index (χ0) is 21.3. The van der Waals surface area contributed by atoms with Gasteiger partial charge in [0.15, 0.2) is 5.82 Å². The zero-order valence-corrected chi connectivity index (χ0v) is 18.6. The lowest BCUT2D eigenvalue weighted by Gasteiger charge is -2.11. The molecule has 4 rings (SSSR count). The fourth-order valence-corrected chi connectivity index (χ4v) is 3.50. The molecule has 0 radical (unpaired) electrons. The molecule has 6 heteroatoms. The van der Waals surface area contributed by atoms with Crippen molar-refractivity contribution in [3.8, 4) is 17.1 Å². The summed E-state index contributed by atoms with van der Waals surface area (Å²) < 4.78 is 2.72. The minimum Gasteiger partial charge on any atom is -0.319 e. The number of anilines is 1. The van der Waals surface area contributed by atoms with Crippen molar-refractivity contribution in [2.24, 2.45) is 0 Å². The van der Waals surface area contributed by atoms with Crippen LogP contribution < -0.4 is 5.32 Å². The number of rotatable bonds is 4. The Kier molecular flexibility index (Phi) is 5.50. The Bertz CT molecular complexity index is 1230. The van der Waals surface area contributed by atoms with Gasteiger partial charge in [-0.05, 0) is 67.8 Å². The molecule has 4 aromatic rings. The number of carbonyl (C=O) groups excluding carboxylic acids is 1. The maximum Gasteiger partial charge on any atom is 0.295 e. The van der Waals surface area contributed by atoms with Gasteiger partial charge in [0.25, 0.3) is 5.91 Å². The van der Waals surface area contributed by atoms with Gasteiger partial charge in [0, 0.05) is 15.7 Å². The average molecular weight is 461 g/mol. The first-order valence-corrected chi connectivity index (χ1v) is 10.4. The smallest absolute Gasteiger partial charge is 0.295 e. The second kappa shape index (κ2) is 8.24. The highest BCUT2D eigenvalue weighted by atomic mass is 79.9. The van der Waals surface area contributed by atoms with Crippen molar-refractivity contribution in [3.05, 3.63) is 93.7 Å². The van der Waals surface area contributed by atoms with Gasteiger partial charge in [-0.15, -0.1) is 5.10 Å². The second-order valence-corrected chi connectivity index (χ2v) is 8.14. The predicted octanol–water partition coefficient (Wildman–Crippen LogP) is 5.87. The molecule has 5 nitrogen and oxygen atoms in total. The van der Waals surface area contributed by atoms with Gasteiger partial charge < -0.3 is 5.32 Å². The Labute approximate surface area is 183 Å².